The number of hydrogen-bond acceptors (Lipinski definition) is 6. The van der Waals surface area contributed by atoms with Gasteiger partial charge < -0.3 is 0 Å². The zero-order valence-electron chi connectivity index (χ0n) is 21.0. The maximum absolute atomic E-state index is 5.01. The monoisotopic (exact) mass is 505 g/mol. The van der Waals surface area contributed by atoms with Gasteiger partial charge in [-0.2, -0.15) is 0 Å². The quantitative estimate of drug-likeness (QED) is 0.254. The molecule has 1 aliphatic carbocycles. The second-order valence-electron chi connectivity index (χ2n) is 9.24. The van der Waals surface area contributed by atoms with Crippen molar-refractivity contribution >= 4 is 16.7 Å². The van der Waals surface area contributed by atoms with Crippen LogP contribution in [0.15, 0.2) is 116 Å². The lowest BCUT2D eigenvalue weighted by molar-refractivity contribution is 0.960. The van der Waals surface area contributed by atoms with Crippen molar-refractivity contribution in [3.63, 3.8) is 0 Å². The molecule has 0 bridgehead atoms. The lowest BCUT2D eigenvalue weighted by Gasteiger charge is -2.15. The molecule has 7 nitrogen and oxygen atoms in total. The molecule has 186 valence electrons. The van der Waals surface area contributed by atoms with Crippen LogP contribution in [0.25, 0.3) is 62.3 Å². The van der Waals surface area contributed by atoms with Gasteiger partial charge in [-0.05, 0) is 55.3 Å². The summed E-state index contributed by atoms with van der Waals surface area (Å²) in [6.45, 7) is 0. The van der Waals surface area contributed by atoms with Gasteiger partial charge in [0.2, 0.25) is 0 Å². The number of benzene rings is 2. The fraction of sp³-hybridized carbons (Fsp3) is 0.0625. The second kappa shape index (κ2) is 9.87. The van der Waals surface area contributed by atoms with Gasteiger partial charge in [-0.1, -0.05) is 48.6 Å². The van der Waals surface area contributed by atoms with Crippen molar-refractivity contribution in [1.82, 2.24) is 34.5 Å². The minimum atomic E-state index is 0.595. The van der Waals surface area contributed by atoms with Crippen LogP contribution in [-0.4, -0.2) is 34.5 Å². The van der Waals surface area contributed by atoms with E-state index in [4.69, 9.17) is 19.9 Å². The van der Waals surface area contributed by atoms with Gasteiger partial charge in [-0.15, -0.1) is 0 Å². The molecule has 0 spiro atoms. The van der Waals surface area contributed by atoms with Crippen LogP contribution in [0.4, 0.5) is 0 Å². The molecule has 0 saturated carbocycles. The van der Waals surface area contributed by atoms with Crippen LogP contribution in [0.3, 0.4) is 0 Å². The molecule has 7 rings (SSSR count). The summed E-state index contributed by atoms with van der Waals surface area (Å²) in [4.78, 5) is 27.7. The van der Waals surface area contributed by atoms with Gasteiger partial charge in [0.15, 0.2) is 17.5 Å². The molecular weight excluding hydrogens is 482 g/mol. The third-order valence-electron chi connectivity index (χ3n) is 6.75. The van der Waals surface area contributed by atoms with E-state index >= 15 is 0 Å². The molecule has 0 fully saturated rings. The fourth-order valence-corrected chi connectivity index (χ4v) is 4.82. The normalized spacial score (nSPS) is 13.0. The largest absolute Gasteiger partial charge is 0.296 e. The zero-order valence-corrected chi connectivity index (χ0v) is 21.0. The molecule has 4 aromatic heterocycles. The Hall–Kier alpha value is -5.30. The van der Waals surface area contributed by atoms with Crippen LogP contribution in [-0.2, 0) is 0 Å². The SMILES string of the molecule is C1=CCCC(n2c(-c3ccc(-c4nc(-c5ccncc5)nc(-c5ccncc5)n4)cc3)nc3ccccc32)=C1. The summed E-state index contributed by atoms with van der Waals surface area (Å²) in [6, 6.07) is 24.2. The number of pyridine rings is 2. The van der Waals surface area contributed by atoms with E-state index in [1.165, 1.54) is 5.70 Å². The molecular formula is C32H23N7. The average Bonchev–Trinajstić information content (AvgIpc) is 3.42. The lowest BCUT2D eigenvalue weighted by atomic mass is 10.1. The molecule has 39 heavy (non-hydrogen) atoms. The standard InChI is InChI=1S/C32H23N7/c1-2-6-26(7-3-1)39-28-9-5-4-8-27(28)35-32(39)25-12-10-22(11-13-25)29-36-30(23-14-18-33-19-15-23)38-31(37-29)24-16-20-34-21-17-24/h1-2,4-6,8-21H,3,7H2. The second-order valence-corrected chi connectivity index (χ2v) is 9.24. The Morgan fingerprint density at radius 1 is 0.564 bits per heavy atom. The van der Waals surface area contributed by atoms with Crippen LogP contribution in [0.5, 0.6) is 0 Å². The molecule has 1 aliphatic rings. The van der Waals surface area contributed by atoms with Crippen molar-refractivity contribution in [1.29, 1.82) is 0 Å². The van der Waals surface area contributed by atoms with Crippen molar-refractivity contribution in [2.45, 2.75) is 12.8 Å². The van der Waals surface area contributed by atoms with Crippen molar-refractivity contribution < 1.29 is 0 Å². The van der Waals surface area contributed by atoms with Crippen LogP contribution in [0.1, 0.15) is 12.8 Å². The molecule has 6 aromatic rings. The predicted octanol–water partition coefficient (Wildman–Crippen LogP) is 6.87. The Kier molecular flexibility index (Phi) is 5.79. The van der Waals surface area contributed by atoms with Crippen molar-refractivity contribution in [3.05, 3.63) is 116 Å². The first-order chi connectivity index (χ1) is 19.3. The molecule has 4 heterocycles. The number of allylic oxidation sites excluding steroid dienone is 4. The molecule has 7 heteroatoms. The first-order valence-electron chi connectivity index (χ1n) is 12.8. The van der Waals surface area contributed by atoms with E-state index < -0.39 is 0 Å². The maximum Gasteiger partial charge on any atom is 0.164 e. The summed E-state index contributed by atoms with van der Waals surface area (Å²) < 4.78 is 2.28. The zero-order chi connectivity index (χ0) is 26.0. The highest BCUT2D eigenvalue weighted by Crippen LogP contribution is 2.32. The first kappa shape index (κ1) is 22.9. The van der Waals surface area contributed by atoms with Crippen LogP contribution < -0.4 is 0 Å². The third-order valence-corrected chi connectivity index (χ3v) is 6.75. The molecule has 0 radical (unpaired) electrons. The highest BCUT2D eigenvalue weighted by atomic mass is 15.1. The van der Waals surface area contributed by atoms with E-state index in [2.05, 4.69) is 75.2 Å². The number of rotatable bonds is 5. The summed E-state index contributed by atoms with van der Waals surface area (Å²) in [5.74, 6) is 2.72. The highest BCUT2D eigenvalue weighted by molar-refractivity contribution is 5.85. The number of nitrogens with zero attached hydrogens (tertiary/aromatic N) is 7. The maximum atomic E-state index is 5.01. The fourth-order valence-electron chi connectivity index (χ4n) is 4.82. The minimum Gasteiger partial charge on any atom is -0.296 e. The van der Waals surface area contributed by atoms with E-state index in [0.717, 1.165) is 52.0 Å². The summed E-state index contributed by atoms with van der Waals surface area (Å²) in [5, 5.41) is 0. The summed E-state index contributed by atoms with van der Waals surface area (Å²) in [6.07, 6.45) is 15.5. The van der Waals surface area contributed by atoms with Gasteiger partial charge >= 0.3 is 0 Å². The van der Waals surface area contributed by atoms with E-state index in [-0.39, 0.29) is 0 Å². The Balaban J connectivity index is 1.33. The van der Waals surface area contributed by atoms with E-state index in [1.54, 1.807) is 24.8 Å². The van der Waals surface area contributed by atoms with Gasteiger partial charge in [-0.3, -0.25) is 14.5 Å². The molecule has 0 saturated heterocycles. The lowest BCUT2D eigenvalue weighted by Crippen LogP contribution is -2.02. The number of fused-ring (bicyclic) bond motifs is 1. The topological polar surface area (TPSA) is 82.3 Å². The number of para-hydroxylation sites is 2. The highest BCUT2D eigenvalue weighted by Gasteiger charge is 2.17. The summed E-state index contributed by atoms with van der Waals surface area (Å²) in [5.41, 5.74) is 7.02. The van der Waals surface area contributed by atoms with Gasteiger partial charge in [0.1, 0.15) is 5.82 Å². The number of aromatic nitrogens is 7. The third kappa shape index (κ3) is 4.40. The van der Waals surface area contributed by atoms with Crippen molar-refractivity contribution in [2.24, 2.45) is 0 Å². The minimum absolute atomic E-state index is 0.595. The number of hydrogen-bond donors (Lipinski definition) is 0. The van der Waals surface area contributed by atoms with E-state index in [9.17, 15) is 0 Å². The molecule has 0 unspecified atom stereocenters. The molecule has 2 aromatic carbocycles. The Bertz CT molecular complexity index is 1780. The molecule has 0 amide bonds. The van der Waals surface area contributed by atoms with Gasteiger partial charge in [-0.25, -0.2) is 19.9 Å². The van der Waals surface area contributed by atoms with Gasteiger partial charge in [0.25, 0.3) is 0 Å². The summed E-state index contributed by atoms with van der Waals surface area (Å²) in [7, 11) is 0. The van der Waals surface area contributed by atoms with Crippen molar-refractivity contribution in [2.75, 3.05) is 0 Å². The van der Waals surface area contributed by atoms with Gasteiger partial charge in [0.05, 0.1) is 11.0 Å². The molecule has 0 aliphatic heterocycles. The van der Waals surface area contributed by atoms with Crippen LogP contribution >= 0.6 is 0 Å². The van der Waals surface area contributed by atoms with Crippen LogP contribution in [0, 0.1) is 0 Å². The van der Waals surface area contributed by atoms with E-state index in [0.29, 0.717) is 17.5 Å². The van der Waals surface area contributed by atoms with Gasteiger partial charge in [0, 0.05) is 52.7 Å². The number of imidazole rings is 1. The summed E-state index contributed by atoms with van der Waals surface area (Å²) >= 11 is 0. The molecule has 0 atom stereocenters. The first-order valence-corrected chi connectivity index (χ1v) is 12.8. The Morgan fingerprint density at radius 3 is 1.72 bits per heavy atom. The smallest absolute Gasteiger partial charge is 0.164 e. The van der Waals surface area contributed by atoms with Crippen LogP contribution in [0.2, 0.25) is 0 Å². The van der Waals surface area contributed by atoms with E-state index in [1.807, 2.05) is 30.3 Å². The Labute approximate surface area is 225 Å². The predicted molar refractivity (Wildman–Crippen MR) is 153 cm³/mol. The molecule has 0 N–H and O–H groups in total. The van der Waals surface area contributed by atoms with Crippen molar-refractivity contribution in [3.8, 4) is 45.6 Å². The average molecular weight is 506 g/mol. The Morgan fingerprint density at radius 2 is 1.13 bits per heavy atom.